The summed E-state index contributed by atoms with van der Waals surface area (Å²) in [6.07, 6.45) is 5.88. The number of nitrogens with zero attached hydrogens (tertiary/aromatic N) is 6. The maximum Gasteiger partial charge on any atom is 0.225 e. The highest BCUT2D eigenvalue weighted by molar-refractivity contribution is 5.40. The van der Waals surface area contributed by atoms with Crippen LogP contribution < -0.4 is 9.80 Å². The van der Waals surface area contributed by atoms with E-state index in [0.717, 1.165) is 49.0 Å². The maximum absolute atomic E-state index is 4.44. The van der Waals surface area contributed by atoms with Crippen LogP contribution in [0.1, 0.15) is 44.9 Å². The first-order valence-electron chi connectivity index (χ1n) is 8.95. The summed E-state index contributed by atoms with van der Waals surface area (Å²) in [5.74, 6) is 1.78. The average Bonchev–Trinajstić information content (AvgIpc) is 2.61. The van der Waals surface area contributed by atoms with Gasteiger partial charge in [0, 0.05) is 44.0 Å². The van der Waals surface area contributed by atoms with Gasteiger partial charge in [-0.15, -0.1) is 5.10 Å². The van der Waals surface area contributed by atoms with Crippen LogP contribution in [0.5, 0.6) is 0 Å². The van der Waals surface area contributed by atoms with Crippen molar-refractivity contribution in [3.63, 3.8) is 0 Å². The zero-order valence-electron chi connectivity index (χ0n) is 15.9. The molecule has 6 nitrogen and oxygen atoms in total. The van der Waals surface area contributed by atoms with E-state index in [1.807, 2.05) is 19.3 Å². The van der Waals surface area contributed by atoms with Gasteiger partial charge in [0.2, 0.25) is 5.95 Å². The van der Waals surface area contributed by atoms with Gasteiger partial charge in [0.15, 0.2) is 5.82 Å². The lowest BCUT2D eigenvalue weighted by molar-refractivity contribution is 0.473. The van der Waals surface area contributed by atoms with Crippen molar-refractivity contribution in [2.45, 2.75) is 52.0 Å². The van der Waals surface area contributed by atoms with E-state index in [1.54, 1.807) is 0 Å². The summed E-state index contributed by atoms with van der Waals surface area (Å²) in [5, 5.41) is 8.86. The van der Waals surface area contributed by atoms with E-state index in [2.05, 4.69) is 69.9 Å². The minimum atomic E-state index is 0.0370. The minimum absolute atomic E-state index is 0.0370. The molecule has 0 radical (unpaired) electrons. The van der Waals surface area contributed by atoms with Gasteiger partial charge in [-0.25, -0.2) is 9.97 Å². The molecule has 1 aliphatic rings. The molecule has 0 aliphatic carbocycles. The van der Waals surface area contributed by atoms with Gasteiger partial charge in [0.1, 0.15) is 0 Å². The molecular weight excluding hydrogens is 312 g/mol. The lowest BCUT2D eigenvalue weighted by Crippen LogP contribution is -2.44. The molecule has 0 amide bonds. The predicted molar refractivity (Wildman–Crippen MR) is 101 cm³/mol. The van der Waals surface area contributed by atoms with E-state index in [-0.39, 0.29) is 5.41 Å². The second kappa shape index (κ2) is 6.94. The Hall–Kier alpha value is -2.24. The molecule has 0 aromatic carbocycles. The van der Waals surface area contributed by atoms with Crippen molar-refractivity contribution in [3.05, 3.63) is 35.8 Å². The van der Waals surface area contributed by atoms with Crippen molar-refractivity contribution in [1.29, 1.82) is 0 Å². The third-order valence-corrected chi connectivity index (χ3v) is 4.84. The van der Waals surface area contributed by atoms with Gasteiger partial charge in [0.25, 0.3) is 0 Å². The van der Waals surface area contributed by atoms with Gasteiger partial charge < -0.3 is 9.80 Å². The molecule has 3 rings (SSSR count). The Bertz CT molecular complexity index is 681. The van der Waals surface area contributed by atoms with E-state index in [0.29, 0.717) is 6.04 Å². The molecule has 0 atom stereocenters. The highest BCUT2D eigenvalue weighted by Gasteiger charge is 2.25. The lowest BCUT2D eigenvalue weighted by Gasteiger charge is -2.37. The summed E-state index contributed by atoms with van der Waals surface area (Å²) in [6, 6.07) is 4.65. The smallest absolute Gasteiger partial charge is 0.225 e. The Balaban J connectivity index is 1.60. The summed E-state index contributed by atoms with van der Waals surface area (Å²) >= 11 is 0. The van der Waals surface area contributed by atoms with Crippen molar-refractivity contribution in [3.8, 4) is 0 Å². The Morgan fingerprint density at radius 3 is 2.20 bits per heavy atom. The van der Waals surface area contributed by atoms with Crippen molar-refractivity contribution in [1.82, 2.24) is 20.2 Å². The fourth-order valence-electron chi connectivity index (χ4n) is 3.11. The van der Waals surface area contributed by atoms with E-state index >= 15 is 0 Å². The number of hydrogen-bond donors (Lipinski definition) is 0. The van der Waals surface area contributed by atoms with Gasteiger partial charge in [-0.1, -0.05) is 20.8 Å². The summed E-state index contributed by atoms with van der Waals surface area (Å²) in [7, 11) is 2.09. The monoisotopic (exact) mass is 340 g/mol. The van der Waals surface area contributed by atoms with E-state index in [4.69, 9.17) is 0 Å². The topological polar surface area (TPSA) is 58.0 Å². The van der Waals surface area contributed by atoms with Crippen molar-refractivity contribution >= 4 is 11.8 Å². The number of aromatic nitrogens is 4. The Morgan fingerprint density at radius 2 is 1.68 bits per heavy atom. The molecule has 1 fully saturated rings. The number of anilines is 2. The van der Waals surface area contributed by atoms with Crippen molar-refractivity contribution in [2.75, 3.05) is 29.9 Å². The quantitative estimate of drug-likeness (QED) is 0.856. The fraction of sp³-hybridized carbons (Fsp3) is 0.579. The Morgan fingerprint density at radius 1 is 1.04 bits per heavy atom. The molecule has 3 heterocycles. The maximum atomic E-state index is 4.44. The highest BCUT2D eigenvalue weighted by Crippen LogP contribution is 2.24. The first-order valence-corrected chi connectivity index (χ1v) is 8.95. The lowest BCUT2D eigenvalue weighted by atomic mass is 9.92. The third kappa shape index (κ3) is 4.06. The van der Waals surface area contributed by atoms with Crippen LogP contribution >= 0.6 is 0 Å². The molecule has 134 valence electrons. The molecule has 0 N–H and O–H groups in total. The Kier molecular flexibility index (Phi) is 4.88. The number of hydrogen-bond acceptors (Lipinski definition) is 6. The van der Waals surface area contributed by atoms with Crippen molar-refractivity contribution in [2.24, 2.45) is 0 Å². The van der Waals surface area contributed by atoms with E-state index in [9.17, 15) is 0 Å². The van der Waals surface area contributed by atoms with Gasteiger partial charge in [-0.3, -0.25) is 0 Å². The molecule has 25 heavy (non-hydrogen) atoms. The van der Waals surface area contributed by atoms with Gasteiger partial charge in [0.05, 0.1) is 5.69 Å². The molecule has 2 aromatic rings. The van der Waals surface area contributed by atoms with Crippen molar-refractivity contribution < 1.29 is 0 Å². The largest absolute Gasteiger partial charge is 0.355 e. The average molecular weight is 340 g/mol. The normalized spacial score (nSPS) is 16.1. The summed E-state index contributed by atoms with van der Waals surface area (Å²) < 4.78 is 0. The molecule has 0 saturated carbocycles. The van der Waals surface area contributed by atoms with Crippen LogP contribution in [0.2, 0.25) is 0 Å². The van der Waals surface area contributed by atoms with Gasteiger partial charge >= 0.3 is 0 Å². The van der Waals surface area contributed by atoms with Gasteiger partial charge in [-0.05, 0) is 37.5 Å². The highest BCUT2D eigenvalue weighted by atomic mass is 15.3. The molecule has 0 bridgehead atoms. The first-order chi connectivity index (χ1) is 11.8. The second-order valence-corrected chi connectivity index (χ2v) is 7.92. The molecule has 2 aromatic heterocycles. The summed E-state index contributed by atoms with van der Waals surface area (Å²) in [6.45, 7) is 10.4. The molecule has 1 saturated heterocycles. The molecule has 0 unspecified atom stereocenters. The van der Waals surface area contributed by atoms with Crippen LogP contribution in [-0.2, 0) is 5.41 Å². The zero-order chi connectivity index (χ0) is 18.0. The summed E-state index contributed by atoms with van der Waals surface area (Å²) in [5.41, 5.74) is 2.15. The third-order valence-electron chi connectivity index (χ3n) is 4.84. The van der Waals surface area contributed by atoms with Crippen LogP contribution in [-0.4, -0.2) is 46.3 Å². The van der Waals surface area contributed by atoms with Crippen LogP contribution in [0.15, 0.2) is 24.5 Å². The minimum Gasteiger partial charge on any atom is -0.355 e. The molecular formula is C19H28N6. The Labute approximate surface area is 150 Å². The molecule has 6 heteroatoms. The zero-order valence-corrected chi connectivity index (χ0v) is 15.9. The first kappa shape index (κ1) is 17.6. The molecule has 0 spiro atoms. The van der Waals surface area contributed by atoms with Gasteiger partial charge in [-0.2, -0.15) is 5.10 Å². The fourth-order valence-corrected chi connectivity index (χ4v) is 3.11. The van der Waals surface area contributed by atoms with Crippen LogP contribution in [0.25, 0.3) is 0 Å². The van der Waals surface area contributed by atoms with Crippen LogP contribution in [0.3, 0.4) is 0 Å². The number of rotatable bonds is 3. The number of aryl methyl sites for hydroxylation is 1. The number of piperidine rings is 1. The SMILES string of the molecule is Cc1cnc(N(C)C2CCN(c3ccc(C(C)(C)C)nn3)CC2)nc1. The predicted octanol–water partition coefficient (Wildman–Crippen LogP) is 2.98. The van der Waals surface area contributed by atoms with Crippen LogP contribution in [0.4, 0.5) is 11.8 Å². The van der Waals surface area contributed by atoms with E-state index < -0.39 is 0 Å². The second-order valence-electron chi connectivity index (χ2n) is 7.92. The molecule has 1 aliphatic heterocycles. The standard InChI is InChI=1S/C19H28N6/c1-14-12-20-18(21-13-14)24(5)15-8-10-25(11-9-15)17-7-6-16(22-23-17)19(2,3)4/h6-7,12-13,15H,8-11H2,1-5H3. The van der Waals surface area contributed by atoms with E-state index in [1.165, 1.54) is 0 Å². The van der Waals surface area contributed by atoms with Crippen LogP contribution in [0, 0.1) is 6.92 Å². The summed E-state index contributed by atoms with van der Waals surface area (Å²) in [4.78, 5) is 13.4.